The molecule has 2 atom stereocenters. The van der Waals surface area contributed by atoms with Crippen molar-refractivity contribution in [3.8, 4) is 0 Å². The number of benzene rings is 2. The normalized spacial score (nSPS) is 18.9. The first-order valence-corrected chi connectivity index (χ1v) is 7.59. The van der Waals surface area contributed by atoms with Gasteiger partial charge in [0.15, 0.2) is 0 Å². The summed E-state index contributed by atoms with van der Waals surface area (Å²) in [5, 5.41) is 4.59. The van der Waals surface area contributed by atoms with E-state index in [2.05, 4.69) is 55.6 Å². The van der Waals surface area contributed by atoms with E-state index in [0.29, 0.717) is 12.1 Å². The maximum Gasteiger partial charge on any atom is 0.0408 e. The minimum absolute atomic E-state index is 0.379. The van der Waals surface area contributed by atoms with E-state index in [9.17, 15) is 0 Å². The molecule has 1 aliphatic carbocycles. The Labute approximate surface area is 126 Å². The number of nitrogens with one attached hydrogen (secondary N) is 1. The molecule has 0 bridgehead atoms. The predicted molar refractivity (Wildman–Crippen MR) is 85.4 cm³/mol. The lowest BCUT2D eigenvalue weighted by molar-refractivity contribution is 0.467. The van der Waals surface area contributed by atoms with Crippen LogP contribution in [0.5, 0.6) is 0 Å². The quantitative estimate of drug-likeness (QED) is 0.877. The predicted octanol–water partition coefficient (Wildman–Crippen LogP) is 4.47. The third kappa shape index (κ3) is 2.89. The molecular weight excluding hydrogens is 266 g/mol. The number of rotatable bonds is 3. The van der Waals surface area contributed by atoms with Crippen molar-refractivity contribution in [1.29, 1.82) is 0 Å². The Kier molecular flexibility index (Phi) is 3.82. The SMILES string of the molecule is Cc1cccc([C@H](C)NC2Cc3ccc(Cl)cc3C2)c1. The number of hydrogen-bond acceptors (Lipinski definition) is 1. The molecule has 0 heterocycles. The molecule has 1 nitrogen and oxygen atoms in total. The molecule has 0 saturated heterocycles. The van der Waals surface area contributed by atoms with Crippen molar-refractivity contribution in [2.24, 2.45) is 0 Å². The summed E-state index contributed by atoms with van der Waals surface area (Å²) in [6.07, 6.45) is 2.18. The lowest BCUT2D eigenvalue weighted by atomic mass is 10.0. The summed E-state index contributed by atoms with van der Waals surface area (Å²) in [5.41, 5.74) is 5.51. The van der Waals surface area contributed by atoms with Crippen molar-refractivity contribution in [3.63, 3.8) is 0 Å². The van der Waals surface area contributed by atoms with Gasteiger partial charge in [0, 0.05) is 17.1 Å². The average Bonchev–Trinajstić information content (AvgIpc) is 2.80. The van der Waals surface area contributed by atoms with Gasteiger partial charge in [0.2, 0.25) is 0 Å². The molecule has 1 aliphatic rings. The van der Waals surface area contributed by atoms with Gasteiger partial charge in [0.1, 0.15) is 0 Å². The van der Waals surface area contributed by atoms with Crippen LogP contribution in [0.4, 0.5) is 0 Å². The van der Waals surface area contributed by atoms with Gasteiger partial charge in [-0.25, -0.2) is 0 Å². The molecule has 0 saturated carbocycles. The Morgan fingerprint density at radius 3 is 2.70 bits per heavy atom. The highest BCUT2D eigenvalue weighted by Crippen LogP contribution is 2.27. The fourth-order valence-electron chi connectivity index (χ4n) is 3.09. The zero-order valence-electron chi connectivity index (χ0n) is 12.0. The second kappa shape index (κ2) is 5.59. The van der Waals surface area contributed by atoms with Crippen molar-refractivity contribution < 1.29 is 0 Å². The van der Waals surface area contributed by atoms with Gasteiger partial charge in [-0.15, -0.1) is 0 Å². The fourth-order valence-corrected chi connectivity index (χ4v) is 3.29. The largest absolute Gasteiger partial charge is 0.307 e. The van der Waals surface area contributed by atoms with Gasteiger partial charge in [-0.2, -0.15) is 0 Å². The lowest BCUT2D eigenvalue weighted by Crippen LogP contribution is -2.32. The van der Waals surface area contributed by atoms with E-state index in [0.717, 1.165) is 17.9 Å². The number of halogens is 1. The van der Waals surface area contributed by atoms with Gasteiger partial charge in [0.25, 0.3) is 0 Å². The smallest absolute Gasteiger partial charge is 0.0408 e. The molecule has 0 radical (unpaired) electrons. The molecule has 0 spiro atoms. The molecule has 2 heteroatoms. The molecule has 0 fully saturated rings. The lowest BCUT2D eigenvalue weighted by Gasteiger charge is -2.20. The highest BCUT2D eigenvalue weighted by Gasteiger charge is 2.23. The van der Waals surface area contributed by atoms with E-state index in [4.69, 9.17) is 11.6 Å². The van der Waals surface area contributed by atoms with E-state index in [-0.39, 0.29) is 0 Å². The molecular formula is C18H20ClN. The van der Waals surface area contributed by atoms with Crippen molar-refractivity contribution in [3.05, 3.63) is 69.7 Å². The molecule has 20 heavy (non-hydrogen) atoms. The summed E-state index contributed by atoms with van der Waals surface area (Å²) in [4.78, 5) is 0. The van der Waals surface area contributed by atoms with Gasteiger partial charge in [-0.1, -0.05) is 47.5 Å². The number of aryl methyl sites for hydroxylation is 1. The molecule has 2 aromatic rings. The Hall–Kier alpha value is -1.31. The maximum absolute atomic E-state index is 6.07. The van der Waals surface area contributed by atoms with Gasteiger partial charge in [-0.3, -0.25) is 0 Å². The van der Waals surface area contributed by atoms with Gasteiger partial charge in [-0.05, 0) is 55.5 Å². The Morgan fingerprint density at radius 1 is 1.10 bits per heavy atom. The van der Waals surface area contributed by atoms with Crippen LogP contribution in [0.1, 0.15) is 35.2 Å². The Morgan fingerprint density at radius 2 is 1.90 bits per heavy atom. The average molecular weight is 286 g/mol. The summed E-state index contributed by atoms with van der Waals surface area (Å²) in [6, 6.07) is 15.9. The van der Waals surface area contributed by atoms with Crippen LogP contribution in [-0.4, -0.2) is 6.04 Å². The standard InChI is InChI=1S/C18H20ClN/c1-12-4-3-5-14(8-12)13(2)20-18-10-15-6-7-17(19)9-16(15)11-18/h3-9,13,18,20H,10-11H2,1-2H3/t13-,18?/m0/s1. The zero-order valence-corrected chi connectivity index (χ0v) is 12.7. The highest BCUT2D eigenvalue weighted by molar-refractivity contribution is 6.30. The van der Waals surface area contributed by atoms with Crippen LogP contribution in [0.15, 0.2) is 42.5 Å². The minimum Gasteiger partial charge on any atom is -0.307 e. The minimum atomic E-state index is 0.379. The molecule has 104 valence electrons. The molecule has 0 aliphatic heterocycles. The van der Waals surface area contributed by atoms with Crippen molar-refractivity contribution in [1.82, 2.24) is 5.32 Å². The summed E-state index contributed by atoms with van der Waals surface area (Å²) in [7, 11) is 0. The Bertz CT molecular complexity index is 621. The third-order valence-corrected chi connectivity index (χ3v) is 4.36. The molecule has 1 unspecified atom stereocenters. The van der Waals surface area contributed by atoms with Gasteiger partial charge in [0.05, 0.1) is 0 Å². The first kappa shape index (κ1) is 13.7. The number of fused-ring (bicyclic) bond motifs is 1. The van der Waals surface area contributed by atoms with Crippen LogP contribution >= 0.6 is 11.6 Å². The molecule has 1 N–H and O–H groups in total. The highest BCUT2D eigenvalue weighted by atomic mass is 35.5. The van der Waals surface area contributed by atoms with E-state index in [1.54, 1.807) is 0 Å². The van der Waals surface area contributed by atoms with Crippen LogP contribution in [-0.2, 0) is 12.8 Å². The van der Waals surface area contributed by atoms with Crippen LogP contribution < -0.4 is 5.32 Å². The molecule has 2 aromatic carbocycles. The first-order chi connectivity index (χ1) is 9.61. The third-order valence-electron chi connectivity index (χ3n) is 4.13. The maximum atomic E-state index is 6.07. The second-order valence-electron chi connectivity index (χ2n) is 5.82. The van der Waals surface area contributed by atoms with E-state index in [1.807, 2.05) is 6.07 Å². The van der Waals surface area contributed by atoms with Crippen molar-refractivity contribution >= 4 is 11.6 Å². The van der Waals surface area contributed by atoms with Crippen LogP contribution in [0.3, 0.4) is 0 Å². The van der Waals surface area contributed by atoms with Gasteiger partial charge < -0.3 is 5.32 Å². The first-order valence-electron chi connectivity index (χ1n) is 7.22. The van der Waals surface area contributed by atoms with Crippen LogP contribution in [0.25, 0.3) is 0 Å². The molecule has 0 aromatic heterocycles. The second-order valence-corrected chi connectivity index (χ2v) is 6.26. The van der Waals surface area contributed by atoms with Crippen molar-refractivity contribution in [2.75, 3.05) is 0 Å². The molecule has 0 amide bonds. The number of hydrogen-bond donors (Lipinski definition) is 1. The van der Waals surface area contributed by atoms with Crippen molar-refractivity contribution in [2.45, 2.75) is 38.8 Å². The molecule has 3 rings (SSSR count). The monoisotopic (exact) mass is 285 g/mol. The topological polar surface area (TPSA) is 12.0 Å². The summed E-state index contributed by atoms with van der Waals surface area (Å²) in [5.74, 6) is 0. The summed E-state index contributed by atoms with van der Waals surface area (Å²) in [6.45, 7) is 4.38. The van der Waals surface area contributed by atoms with E-state index < -0.39 is 0 Å². The van der Waals surface area contributed by atoms with Crippen LogP contribution in [0, 0.1) is 6.92 Å². The Balaban J connectivity index is 1.68. The summed E-state index contributed by atoms with van der Waals surface area (Å²) >= 11 is 6.07. The van der Waals surface area contributed by atoms with E-state index >= 15 is 0 Å². The summed E-state index contributed by atoms with van der Waals surface area (Å²) < 4.78 is 0. The van der Waals surface area contributed by atoms with Gasteiger partial charge >= 0.3 is 0 Å². The van der Waals surface area contributed by atoms with Crippen LogP contribution in [0.2, 0.25) is 5.02 Å². The van der Waals surface area contributed by atoms with E-state index in [1.165, 1.54) is 22.3 Å². The zero-order chi connectivity index (χ0) is 14.1. The fraction of sp³-hybridized carbons (Fsp3) is 0.333.